The predicted octanol–water partition coefficient (Wildman–Crippen LogP) is 3.81. The normalized spacial score (nSPS) is 13.6. The topological polar surface area (TPSA) is 75.4 Å². The van der Waals surface area contributed by atoms with Gasteiger partial charge < -0.3 is 14.6 Å². The van der Waals surface area contributed by atoms with Gasteiger partial charge in [-0.1, -0.05) is 30.3 Å². The first-order chi connectivity index (χ1) is 13.7. The second-order valence-corrected chi connectivity index (χ2v) is 7.63. The van der Waals surface area contributed by atoms with Crippen LogP contribution in [0.25, 0.3) is 22.0 Å². The summed E-state index contributed by atoms with van der Waals surface area (Å²) in [7, 11) is 0. The second kappa shape index (κ2) is 8.39. The van der Waals surface area contributed by atoms with Crippen LogP contribution in [0.5, 0.6) is 0 Å². The fourth-order valence-electron chi connectivity index (χ4n) is 3.26. The highest BCUT2D eigenvalue weighted by atomic mass is 32.1. The summed E-state index contributed by atoms with van der Waals surface area (Å²) in [4.78, 5) is 32.0. The minimum absolute atomic E-state index is 0.0988. The Kier molecular flexibility index (Phi) is 5.53. The smallest absolute Gasteiger partial charge is 0.263 e. The third-order valence-electron chi connectivity index (χ3n) is 4.70. The number of thiazole rings is 1. The Morgan fingerprint density at radius 1 is 1.11 bits per heavy atom. The van der Waals surface area contributed by atoms with Gasteiger partial charge in [0.05, 0.1) is 12.0 Å². The molecule has 1 aliphatic heterocycles. The van der Waals surface area contributed by atoms with Gasteiger partial charge in [-0.15, -0.1) is 11.3 Å². The molecule has 4 rings (SSSR count). The lowest BCUT2D eigenvalue weighted by molar-refractivity contribution is -0.129. The van der Waals surface area contributed by atoms with E-state index in [2.05, 4.69) is 10.3 Å². The number of rotatable bonds is 6. The summed E-state index contributed by atoms with van der Waals surface area (Å²) in [5, 5.41) is 3.53. The predicted molar refractivity (Wildman–Crippen MR) is 108 cm³/mol. The van der Waals surface area contributed by atoms with Gasteiger partial charge in [0.25, 0.3) is 5.91 Å². The van der Waals surface area contributed by atoms with E-state index in [0.29, 0.717) is 34.3 Å². The maximum Gasteiger partial charge on any atom is 0.263 e. The monoisotopic (exact) mass is 395 g/mol. The van der Waals surface area contributed by atoms with E-state index in [1.165, 1.54) is 11.3 Å². The number of hydrogen-bond donors (Lipinski definition) is 1. The van der Waals surface area contributed by atoms with E-state index in [0.717, 1.165) is 31.5 Å². The van der Waals surface area contributed by atoms with Gasteiger partial charge >= 0.3 is 0 Å². The molecule has 1 saturated heterocycles. The van der Waals surface area contributed by atoms with Crippen LogP contribution in [-0.2, 0) is 4.79 Å². The molecule has 3 heterocycles. The number of likely N-dealkylation sites (tertiary alicyclic amines) is 1. The lowest BCUT2D eigenvalue weighted by Crippen LogP contribution is -2.32. The summed E-state index contributed by atoms with van der Waals surface area (Å²) in [5.74, 6) is 0.510. The van der Waals surface area contributed by atoms with Crippen LogP contribution < -0.4 is 5.32 Å². The number of amides is 2. The molecular formula is C21H21N3O3S. The van der Waals surface area contributed by atoms with Gasteiger partial charge in [-0.05, 0) is 25.0 Å². The average Bonchev–Trinajstić information content (AvgIpc) is 3.49. The van der Waals surface area contributed by atoms with Crippen LogP contribution in [0, 0.1) is 0 Å². The standard InChI is InChI=1S/C21H21N3O3S/c25-17(24-12-4-5-13-24)10-11-22-20(26)19-18(15-7-2-1-3-8-15)23-21(28-19)16-9-6-14-27-16/h1-3,6-9,14H,4-5,10-13H2,(H,22,26). The van der Waals surface area contributed by atoms with E-state index >= 15 is 0 Å². The number of furan rings is 1. The first-order valence-electron chi connectivity index (χ1n) is 9.38. The van der Waals surface area contributed by atoms with Crippen molar-refractivity contribution in [3.8, 4) is 22.0 Å². The zero-order chi connectivity index (χ0) is 19.3. The number of carbonyl (C=O) groups excluding carboxylic acids is 2. The van der Waals surface area contributed by atoms with E-state index in [4.69, 9.17) is 4.42 Å². The zero-order valence-corrected chi connectivity index (χ0v) is 16.2. The number of nitrogens with one attached hydrogen (secondary N) is 1. The van der Waals surface area contributed by atoms with Gasteiger partial charge in [-0.3, -0.25) is 9.59 Å². The molecule has 2 aromatic heterocycles. The Labute approximate surface area is 167 Å². The zero-order valence-electron chi connectivity index (χ0n) is 15.4. The molecule has 2 amide bonds. The molecule has 1 aromatic carbocycles. The van der Waals surface area contributed by atoms with Crippen molar-refractivity contribution in [2.24, 2.45) is 0 Å². The molecule has 1 N–H and O–H groups in total. The highest BCUT2D eigenvalue weighted by Gasteiger charge is 2.22. The first kappa shape index (κ1) is 18.4. The molecule has 0 aliphatic carbocycles. The molecule has 0 bridgehead atoms. The highest BCUT2D eigenvalue weighted by molar-refractivity contribution is 7.17. The third-order valence-corrected chi connectivity index (χ3v) is 5.76. The fourth-order valence-corrected chi connectivity index (χ4v) is 4.23. The van der Waals surface area contributed by atoms with Gasteiger partial charge in [0.2, 0.25) is 5.91 Å². The fraction of sp³-hybridized carbons (Fsp3) is 0.286. The van der Waals surface area contributed by atoms with Crippen LogP contribution in [0.1, 0.15) is 28.9 Å². The summed E-state index contributed by atoms with van der Waals surface area (Å²) in [6.07, 6.45) is 4.03. The van der Waals surface area contributed by atoms with Crippen molar-refractivity contribution < 1.29 is 14.0 Å². The second-order valence-electron chi connectivity index (χ2n) is 6.63. The number of aromatic nitrogens is 1. The molecule has 0 unspecified atom stereocenters. The van der Waals surface area contributed by atoms with Crippen molar-refractivity contribution >= 4 is 23.2 Å². The Bertz CT molecular complexity index is 945. The Morgan fingerprint density at radius 3 is 2.61 bits per heavy atom. The molecule has 1 fully saturated rings. The third kappa shape index (κ3) is 3.99. The van der Waals surface area contributed by atoms with Crippen molar-refractivity contribution in [1.29, 1.82) is 0 Å². The van der Waals surface area contributed by atoms with Crippen molar-refractivity contribution in [1.82, 2.24) is 15.2 Å². The molecule has 6 nitrogen and oxygen atoms in total. The molecule has 28 heavy (non-hydrogen) atoms. The minimum atomic E-state index is -0.219. The van der Waals surface area contributed by atoms with Crippen molar-refractivity contribution in [3.63, 3.8) is 0 Å². The van der Waals surface area contributed by atoms with Gasteiger partial charge in [-0.2, -0.15) is 0 Å². The molecule has 1 aliphatic rings. The van der Waals surface area contributed by atoms with Gasteiger partial charge in [0.15, 0.2) is 10.8 Å². The Hall–Kier alpha value is -2.93. The summed E-state index contributed by atoms with van der Waals surface area (Å²) >= 11 is 1.29. The van der Waals surface area contributed by atoms with E-state index < -0.39 is 0 Å². The van der Waals surface area contributed by atoms with Crippen LogP contribution in [0.15, 0.2) is 53.1 Å². The van der Waals surface area contributed by atoms with Gasteiger partial charge in [-0.25, -0.2) is 4.98 Å². The quantitative estimate of drug-likeness (QED) is 0.689. The summed E-state index contributed by atoms with van der Waals surface area (Å²) in [6.45, 7) is 1.97. The van der Waals surface area contributed by atoms with Crippen molar-refractivity contribution in [3.05, 3.63) is 53.6 Å². The van der Waals surface area contributed by atoms with Gasteiger partial charge in [0, 0.05) is 31.6 Å². The summed E-state index contributed by atoms with van der Waals surface area (Å²) in [5.41, 5.74) is 1.50. The highest BCUT2D eigenvalue weighted by Crippen LogP contribution is 2.34. The summed E-state index contributed by atoms with van der Waals surface area (Å²) in [6, 6.07) is 13.2. The lowest BCUT2D eigenvalue weighted by atomic mass is 10.1. The van der Waals surface area contributed by atoms with Crippen LogP contribution in [0.4, 0.5) is 0 Å². The number of benzene rings is 1. The minimum Gasteiger partial charge on any atom is -0.462 e. The Balaban J connectivity index is 1.50. The van der Waals surface area contributed by atoms with Crippen LogP contribution >= 0.6 is 11.3 Å². The van der Waals surface area contributed by atoms with E-state index in [-0.39, 0.29) is 11.8 Å². The number of nitrogens with zero attached hydrogens (tertiary/aromatic N) is 2. The number of carbonyl (C=O) groups is 2. The SMILES string of the molecule is O=C(NCCC(=O)N1CCCC1)c1sc(-c2ccco2)nc1-c1ccccc1. The van der Waals surface area contributed by atoms with Crippen LogP contribution in [0.2, 0.25) is 0 Å². The maximum atomic E-state index is 12.8. The van der Waals surface area contributed by atoms with Gasteiger partial charge in [0.1, 0.15) is 4.88 Å². The molecule has 0 atom stereocenters. The molecule has 7 heteroatoms. The molecule has 3 aromatic rings. The lowest BCUT2D eigenvalue weighted by Gasteiger charge is -2.15. The van der Waals surface area contributed by atoms with E-state index in [1.807, 2.05) is 41.3 Å². The van der Waals surface area contributed by atoms with E-state index in [9.17, 15) is 9.59 Å². The van der Waals surface area contributed by atoms with E-state index in [1.54, 1.807) is 12.3 Å². The first-order valence-corrected chi connectivity index (χ1v) is 10.2. The van der Waals surface area contributed by atoms with Crippen LogP contribution in [-0.4, -0.2) is 41.3 Å². The van der Waals surface area contributed by atoms with Crippen LogP contribution in [0.3, 0.4) is 0 Å². The summed E-state index contributed by atoms with van der Waals surface area (Å²) < 4.78 is 5.44. The maximum absolute atomic E-state index is 12.8. The molecule has 0 radical (unpaired) electrons. The molecule has 144 valence electrons. The number of hydrogen-bond acceptors (Lipinski definition) is 5. The van der Waals surface area contributed by atoms with Crippen molar-refractivity contribution in [2.45, 2.75) is 19.3 Å². The molecule has 0 spiro atoms. The van der Waals surface area contributed by atoms with Crippen molar-refractivity contribution in [2.75, 3.05) is 19.6 Å². The average molecular weight is 395 g/mol. The Morgan fingerprint density at radius 2 is 1.89 bits per heavy atom. The molecule has 0 saturated carbocycles. The largest absolute Gasteiger partial charge is 0.462 e. The molecular weight excluding hydrogens is 374 g/mol.